The highest BCUT2D eigenvalue weighted by molar-refractivity contribution is 9.10. The molecule has 0 saturated heterocycles. The first-order chi connectivity index (χ1) is 7.25. The van der Waals surface area contributed by atoms with Gasteiger partial charge in [-0.1, -0.05) is 28.1 Å². The van der Waals surface area contributed by atoms with Gasteiger partial charge in [0.2, 0.25) is 0 Å². The summed E-state index contributed by atoms with van der Waals surface area (Å²) >= 11 is 3.34. The van der Waals surface area contributed by atoms with Crippen LogP contribution in [-0.4, -0.2) is 24.7 Å². The van der Waals surface area contributed by atoms with Gasteiger partial charge in [0.15, 0.2) is 5.78 Å². The van der Waals surface area contributed by atoms with Gasteiger partial charge in [-0.2, -0.15) is 0 Å². The normalized spacial score (nSPS) is 13.7. The number of nitrogens with one attached hydrogen (secondary N) is 1. The third-order valence-corrected chi connectivity index (χ3v) is 2.77. The van der Waals surface area contributed by atoms with E-state index >= 15 is 0 Å². The van der Waals surface area contributed by atoms with E-state index in [4.69, 9.17) is 0 Å². The SMILES string of the molecule is Cl.O=C(CC1=NCCN1)c1ccc(Br)cc1. The van der Waals surface area contributed by atoms with E-state index in [9.17, 15) is 4.79 Å². The summed E-state index contributed by atoms with van der Waals surface area (Å²) in [7, 11) is 0. The molecule has 1 heterocycles. The van der Waals surface area contributed by atoms with Crippen molar-refractivity contribution in [1.82, 2.24) is 5.32 Å². The third-order valence-electron chi connectivity index (χ3n) is 2.24. The Morgan fingerprint density at radius 1 is 1.38 bits per heavy atom. The lowest BCUT2D eigenvalue weighted by molar-refractivity contribution is 0.1000. The second kappa shape index (κ2) is 6.01. The molecule has 0 unspecified atom stereocenters. The number of aliphatic imine (C=N–C) groups is 1. The number of carbonyl (C=O) groups is 1. The van der Waals surface area contributed by atoms with E-state index in [1.165, 1.54) is 0 Å². The fourth-order valence-corrected chi connectivity index (χ4v) is 1.72. The number of carbonyl (C=O) groups excluding carboxylic acids is 1. The highest BCUT2D eigenvalue weighted by Crippen LogP contribution is 2.12. The van der Waals surface area contributed by atoms with E-state index in [0.29, 0.717) is 6.42 Å². The molecule has 16 heavy (non-hydrogen) atoms. The van der Waals surface area contributed by atoms with E-state index in [1.807, 2.05) is 24.3 Å². The molecule has 0 amide bonds. The van der Waals surface area contributed by atoms with E-state index in [-0.39, 0.29) is 18.2 Å². The first-order valence-corrected chi connectivity index (χ1v) is 5.61. The molecule has 2 rings (SSSR count). The molecule has 0 radical (unpaired) electrons. The zero-order valence-electron chi connectivity index (χ0n) is 8.57. The van der Waals surface area contributed by atoms with Crippen molar-refractivity contribution >= 4 is 40.0 Å². The minimum absolute atomic E-state index is 0. The lowest BCUT2D eigenvalue weighted by Crippen LogP contribution is -2.21. The molecule has 5 heteroatoms. The van der Waals surface area contributed by atoms with E-state index in [1.54, 1.807) is 0 Å². The van der Waals surface area contributed by atoms with Crippen molar-refractivity contribution in [3.05, 3.63) is 34.3 Å². The van der Waals surface area contributed by atoms with Crippen molar-refractivity contribution in [3.8, 4) is 0 Å². The maximum atomic E-state index is 11.8. The summed E-state index contributed by atoms with van der Waals surface area (Å²) in [5, 5.41) is 3.09. The second-order valence-electron chi connectivity index (χ2n) is 3.36. The van der Waals surface area contributed by atoms with Crippen molar-refractivity contribution in [2.24, 2.45) is 4.99 Å². The smallest absolute Gasteiger partial charge is 0.170 e. The van der Waals surface area contributed by atoms with Crippen LogP contribution < -0.4 is 5.32 Å². The van der Waals surface area contributed by atoms with Gasteiger partial charge < -0.3 is 5.32 Å². The maximum Gasteiger partial charge on any atom is 0.170 e. The molecule has 1 N–H and O–H groups in total. The quantitative estimate of drug-likeness (QED) is 0.872. The molecule has 1 aromatic carbocycles. The molecule has 0 atom stereocenters. The van der Waals surface area contributed by atoms with Crippen LogP contribution in [0.4, 0.5) is 0 Å². The Morgan fingerprint density at radius 2 is 2.06 bits per heavy atom. The van der Waals surface area contributed by atoms with Gasteiger partial charge in [-0.05, 0) is 12.1 Å². The van der Waals surface area contributed by atoms with Crippen LogP contribution in [0.5, 0.6) is 0 Å². The lowest BCUT2D eigenvalue weighted by Gasteiger charge is -2.02. The summed E-state index contributed by atoms with van der Waals surface area (Å²) < 4.78 is 0.982. The molecular formula is C11H12BrClN2O. The molecule has 3 nitrogen and oxygen atoms in total. The number of amidine groups is 1. The molecule has 1 aliphatic heterocycles. The van der Waals surface area contributed by atoms with E-state index in [0.717, 1.165) is 29.0 Å². The fourth-order valence-electron chi connectivity index (χ4n) is 1.46. The average molecular weight is 304 g/mol. The predicted octanol–water partition coefficient (Wildman–Crippen LogP) is 2.45. The Labute approximate surface area is 109 Å². The monoisotopic (exact) mass is 302 g/mol. The first-order valence-electron chi connectivity index (χ1n) is 4.81. The number of benzene rings is 1. The zero-order chi connectivity index (χ0) is 10.7. The molecule has 0 saturated carbocycles. The number of halogens is 2. The van der Waals surface area contributed by atoms with Gasteiger partial charge in [-0.3, -0.25) is 9.79 Å². The predicted molar refractivity (Wildman–Crippen MR) is 70.6 cm³/mol. The molecule has 1 aliphatic rings. The number of rotatable bonds is 3. The first kappa shape index (κ1) is 13.2. The molecule has 0 bridgehead atoms. The van der Waals surface area contributed by atoms with Crippen molar-refractivity contribution in [2.75, 3.05) is 13.1 Å². The van der Waals surface area contributed by atoms with Crippen molar-refractivity contribution in [1.29, 1.82) is 0 Å². The average Bonchev–Trinajstić information content (AvgIpc) is 2.71. The standard InChI is InChI=1S/C11H11BrN2O.ClH/c12-9-3-1-8(2-4-9)10(15)7-11-13-5-6-14-11;/h1-4H,5-7H2,(H,13,14);1H. The highest BCUT2D eigenvalue weighted by atomic mass is 79.9. The summed E-state index contributed by atoms with van der Waals surface area (Å²) in [5.74, 6) is 0.915. The van der Waals surface area contributed by atoms with Crippen molar-refractivity contribution < 1.29 is 4.79 Å². The van der Waals surface area contributed by atoms with Crippen LogP contribution in [0.2, 0.25) is 0 Å². The van der Waals surface area contributed by atoms with Gasteiger partial charge in [-0.15, -0.1) is 12.4 Å². The van der Waals surface area contributed by atoms with Crippen LogP contribution in [0.25, 0.3) is 0 Å². The Bertz CT molecular complexity index is 403. The maximum absolute atomic E-state index is 11.8. The fraction of sp³-hybridized carbons (Fsp3) is 0.273. The van der Waals surface area contributed by atoms with E-state index in [2.05, 4.69) is 26.2 Å². The Balaban J connectivity index is 0.00000128. The van der Waals surface area contributed by atoms with Gasteiger partial charge in [-0.25, -0.2) is 0 Å². The third kappa shape index (κ3) is 3.32. The van der Waals surface area contributed by atoms with Gasteiger partial charge in [0, 0.05) is 16.6 Å². The Morgan fingerprint density at radius 3 is 2.62 bits per heavy atom. The number of hydrogen-bond acceptors (Lipinski definition) is 3. The van der Waals surface area contributed by atoms with Crippen molar-refractivity contribution in [3.63, 3.8) is 0 Å². The largest absolute Gasteiger partial charge is 0.372 e. The van der Waals surface area contributed by atoms with Gasteiger partial charge in [0.05, 0.1) is 13.0 Å². The number of nitrogens with zero attached hydrogens (tertiary/aromatic N) is 1. The Hall–Kier alpha value is -0.870. The summed E-state index contributed by atoms with van der Waals surface area (Å²) in [6.45, 7) is 1.63. The van der Waals surface area contributed by atoms with Crippen molar-refractivity contribution in [2.45, 2.75) is 6.42 Å². The topological polar surface area (TPSA) is 41.5 Å². The highest BCUT2D eigenvalue weighted by Gasteiger charge is 2.12. The van der Waals surface area contributed by atoms with Crippen LogP contribution >= 0.6 is 28.3 Å². The van der Waals surface area contributed by atoms with Gasteiger partial charge in [0.25, 0.3) is 0 Å². The molecule has 0 aliphatic carbocycles. The molecule has 0 spiro atoms. The molecule has 1 aromatic rings. The summed E-state index contributed by atoms with van der Waals surface area (Å²) in [5.41, 5.74) is 0.731. The zero-order valence-corrected chi connectivity index (χ0v) is 11.0. The van der Waals surface area contributed by atoms with E-state index < -0.39 is 0 Å². The summed E-state index contributed by atoms with van der Waals surface area (Å²) in [6.07, 6.45) is 0.377. The van der Waals surface area contributed by atoms with Crippen LogP contribution in [0.1, 0.15) is 16.8 Å². The Kier molecular flexibility index (Phi) is 4.96. The number of Topliss-reactive ketones (excluding diaryl/α,β-unsaturated/α-hetero) is 1. The van der Waals surface area contributed by atoms with Crippen LogP contribution in [-0.2, 0) is 0 Å². The van der Waals surface area contributed by atoms with Crippen LogP contribution in [0, 0.1) is 0 Å². The number of ketones is 1. The lowest BCUT2D eigenvalue weighted by atomic mass is 10.1. The number of hydrogen-bond donors (Lipinski definition) is 1. The second-order valence-corrected chi connectivity index (χ2v) is 4.28. The van der Waals surface area contributed by atoms with Gasteiger partial charge >= 0.3 is 0 Å². The minimum atomic E-state index is 0. The minimum Gasteiger partial charge on any atom is -0.372 e. The van der Waals surface area contributed by atoms with Crippen LogP contribution in [0.3, 0.4) is 0 Å². The molecule has 86 valence electrons. The van der Waals surface area contributed by atoms with Gasteiger partial charge in [0.1, 0.15) is 5.84 Å². The van der Waals surface area contributed by atoms with Crippen LogP contribution in [0.15, 0.2) is 33.7 Å². The summed E-state index contributed by atoms with van der Waals surface area (Å²) in [4.78, 5) is 16.0. The summed E-state index contributed by atoms with van der Waals surface area (Å²) in [6, 6.07) is 7.39. The molecule has 0 aromatic heterocycles. The molecule has 0 fully saturated rings. The molecular weight excluding hydrogens is 291 g/mol.